The zero-order valence-electron chi connectivity index (χ0n) is 22.5. The molecule has 0 aliphatic carbocycles. The summed E-state index contributed by atoms with van der Waals surface area (Å²) in [5.41, 5.74) is 11.6. The van der Waals surface area contributed by atoms with Gasteiger partial charge in [0.2, 0.25) is 0 Å². The third kappa shape index (κ3) is 7.67. The van der Waals surface area contributed by atoms with Gasteiger partial charge in [0, 0.05) is 6.54 Å². The molecule has 3 saturated heterocycles. The van der Waals surface area contributed by atoms with Crippen molar-refractivity contribution < 1.29 is 89.4 Å². The summed E-state index contributed by atoms with van der Waals surface area (Å²) in [5, 5.41) is 100. The van der Waals surface area contributed by atoms with E-state index in [1.165, 1.54) is 0 Å². The van der Waals surface area contributed by atoms with E-state index in [1.807, 2.05) is 0 Å². The fraction of sp³-hybridized carbons (Fsp3) is 0.909. The number of aliphatic hydroxyl groups is 8. The van der Waals surface area contributed by atoms with Crippen molar-refractivity contribution in [3.8, 4) is 0 Å². The summed E-state index contributed by atoms with van der Waals surface area (Å²) < 4.78 is 27.8. The minimum absolute atomic E-state index is 0.450. The zero-order valence-corrected chi connectivity index (χ0v) is 22.5. The van der Waals surface area contributed by atoms with Crippen LogP contribution < -0.4 is 11.5 Å². The van der Waals surface area contributed by atoms with Crippen molar-refractivity contribution in [2.24, 2.45) is 11.5 Å². The van der Waals surface area contributed by atoms with Gasteiger partial charge in [0.25, 0.3) is 0 Å². The SMILES string of the molecule is N[C@H]1[C@H](OC2[C@@H](CO)O[C@@H](OC3[C@@H](CO)O[C@@H](O)[C@H](N)[C@H]3O)[C@H](N(CCC(=O)OO)C(=O)O)[C@H]2O)O[C@H](CO)[C@@H](O)[C@@H]1O. The number of hydrogen-bond acceptors (Lipinski definition) is 19. The summed E-state index contributed by atoms with van der Waals surface area (Å²) in [6.45, 7) is -3.26. The fourth-order valence-corrected chi connectivity index (χ4v) is 5.10. The lowest BCUT2D eigenvalue weighted by Gasteiger charge is -2.51. The average molecular weight is 634 g/mol. The van der Waals surface area contributed by atoms with Crippen LogP contribution in [0, 0.1) is 0 Å². The molecule has 0 bridgehead atoms. The van der Waals surface area contributed by atoms with Crippen LogP contribution in [-0.4, -0.2) is 186 Å². The number of nitrogens with two attached hydrogens (primary N) is 2. The van der Waals surface area contributed by atoms with Crippen LogP contribution in [0.4, 0.5) is 4.79 Å². The Morgan fingerprint density at radius 2 is 1.26 bits per heavy atom. The summed E-state index contributed by atoms with van der Waals surface area (Å²) in [5.74, 6) is -1.25. The third-order valence-corrected chi connectivity index (χ3v) is 7.52. The Labute approximate surface area is 243 Å². The number of carboxylic acid groups (broad SMARTS) is 1. The van der Waals surface area contributed by atoms with Crippen LogP contribution in [0.3, 0.4) is 0 Å². The smallest absolute Gasteiger partial charge is 0.407 e. The van der Waals surface area contributed by atoms with Gasteiger partial charge in [0.15, 0.2) is 18.9 Å². The molecule has 0 aromatic heterocycles. The lowest BCUT2D eigenvalue weighted by Crippen LogP contribution is -2.70. The standard InChI is InChI=1S/C22H39N3O18/c23-10-15(32)17(7(4-27)38-19(10)34)42-21-12(25(22(35)36)2-1-9(29)43-37)16(33)18(8(5-28)40-21)41-20-11(24)14(31)13(30)6(3-26)39-20/h6-8,10-21,26-28,30-34,37H,1-5,23-24H2,(H,35,36)/t6-,7-,8-,10-,11-,12-,13-,14-,15-,16-,17?,18?,19-,20+,21+/m1/s1. The average Bonchev–Trinajstić information content (AvgIpc) is 2.99. The molecule has 15 atom stereocenters. The maximum Gasteiger partial charge on any atom is 0.407 e. The number of ether oxygens (including phenoxy) is 5. The van der Waals surface area contributed by atoms with Crippen LogP contribution >= 0.6 is 0 Å². The largest absolute Gasteiger partial charge is 0.465 e. The van der Waals surface area contributed by atoms with E-state index in [1.54, 1.807) is 0 Å². The number of nitrogens with zero attached hydrogens (tertiary/aromatic N) is 1. The third-order valence-electron chi connectivity index (χ3n) is 7.52. The first kappa shape index (κ1) is 35.6. The molecule has 43 heavy (non-hydrogen) atoms. The lowest BCUT2D eigenvalue weighted by atomic mass is 9.93. The van der Waals surface area contributed by atoms with Gasteiger partial charge in [0.05, 0.1) is 38.3 Å². The van der Waals surface area contributed by atoms with E-state index in [9.17, 15) is 55.5 Å². The van der Waals surface area contributed by atoms with E-state index < -0.39 is 137 Å². The molecule has 3 fully saturated rings. The molecule has 250 valence electrons. The van der Waals surface area contributed by atoms with Crippen LogP contribution in [0.25, 0.3) is 0 Å². The molecule has 3 rings (SSSR count). The summed E-state index contributed by atoms with van der Waals surface area (Å²) in [6.07, 6.45) is -22.5. The first-order valence-corrected chi connectivity index (χ1v) is 13.2. The van der Waals surface area contributed by atoms with Gasteiger partial charge >= 0.3 is 12.1 Å². The second-order valence-corrected chi connectivity index (χ2v) is 10.2. The van der Waals surface area contributed by atoms with Crippen LogP contribution in [-0.2, 0) is 33.4 Å². The Morgan fingerprint density at radius 1 is 0.721 bits per heavy atom. The number of carbonyl (C=O) groups is 2. The maximum absolute atomic E-state index is 12.3. The second kappa shape index (κ2) is 15.4. The van der Waals surface area contributed by atoms with Crippen LogP contribution in [0.15, 0.2) is 0 Å². The summed E-state index contributed by atoms with van der Waals surface area (Å²) >= 11 is 0. The molecule has 21 heteroatoms. The molecular formula is C22H39N3O18. The molecule has 0 aromatic carbocycles. The summed E-state index contributed by atoms with van der Waals surface area (Å²) in [6, 6.07) is -4.81. The molecule has 0 radical (unpaired) electrons. The van der Waals surface area contributed by atoms with Gasteiger partial charge in [-0.1, -0.05) is 0 Å². The van der Waals surface area contributed by atoms with Gasteiger partial charge in [-0.05, 0) is 0 Å². The summed E-state index contributed by atoms with van der Waals surface area (Å²) in [4.78, 5) is 27.9. The molecule has 0 spiro atoms. The van der Waals surface area contributed by atoms with Crippen LogP contribution in [0.5, 0.6) is 0 Å². The number of rotatable bonds is 11. The van der Waals surface area contributed by atoms with Crippen molar-refractivity contribution in [1.82, 2.24) is 4.90 Å². The minimum Gasteiger partial charge on any atom is -0.465 e. The molecule has 0 aromatic rings. The Kier molecular flexibility index (Phi) is 12.7. The highest BCUT2D eigenvalue weighted by Crippen LogP contribution is 2.34. The monoisotopic (exact) mass is 633 g/mol. The zero-order chi connectivity index (χ0) is 32.2. The number of amides is 1. The highest BCUT2D eigenvalue weighted by Gasteiger charge is 2.55. The first-order chi connectivity index (χ1) is 20.3. The Bertz CT molecular complexity index is 917. The number of carbonyl (C=O) groups excluding carboxylic acids is 1. The van der Waals surface area contributed by atoms with Gasteiger partial charge in [-0.2, -0.15) is 5.26 Å². The van der Waals surface area contributed by atoms with Gasteiger partial charge < -0.3 is 86.0 Å². The molecule has 21 nitrogen and oxygen atoms in total. The van der Waals surface area contributed by atoms with Crippen LogP contribution in [0.2, 0.25) is 0 Å². The van der Waals surface area contributed by atoms with Crippen molar-refractivity contribution in [3.63, 3.8) is 0 Å². The van der Waals surface area contributed by atoms with Gasteiger partial charge in [-0.3, -0.25) is 4.90 Å². The fourth-order valence-electron chi connectivity index (χ4n) is 5.10. The number of aliphatic hydroxyl groups excluding tert-OH is 8. The molecular weight excluding hydrogens is 594 g/mol. The first-order valence-electron chi connectivity index (χ1n) is 13.2. The van der Waals surface area contributed by atoms with Gasteiger partial charge in [-0.15, -0.1) is 0 Å². The summed E-state index contributed by atoms with van der Waals surface area (Å²) in [7, 11) is 0. The minimum atomic E-state index is -2.03. The lowest BCUT2D eigenvalue weighted by molar-refractivity contribution is -0.356. The molecule has 3 aliphatic rings. The molecule has 3 aliphatic heterocycles. The van der Waals surface area contributed by atoms with E-state index in [2.05, 4.69) is 4.89 Å². The van der Waals surface area contributed by atoms with E-state index in [0.717, 1.165) is 0 Å². The van der Waals surface area contributed by atoms with Crippen molar-refractivity contribution in [3.05, 3.63) is 0 Å². The van der Waals surface area contributed by atoms with Gasteiger partial charge in [0.1, 0.15) is 61.0 Å². The topological polar surface area (TPSA) is 347 Å². The van der Waals surface area contributed by atoms with Crippen molar-refractivity contribution in [1.29, 1.82) is 0 Å². The van der Waals surface area contributed by atoms with E-state index in [-0.39, 0.29) is 0 Å². The van der Waals surface area contributed by atoms with Gasteiger partial charge in [-0.25, -0.2) is 9.59 Å². The Balaban J connectivity index is 1.97. The maximum atomic E-state index is 12.3. The highest BCUT2D eigenvalue weighted by molar-refractivity contribution is 5.71. The highest BCUT2D eigenvalue weighted by atomic mass is 17.1. The molecule has 3 heterocycles. The quantitative estimate of drug-likeness (QED) is 0.0742. The number of hydrogen-bond donors (Lipinski definition) is 12. The van der Waals surface area contributed by atoms with E-state index in [0.29, 0.717) is 4.90 Å². The normalized spacial score (nSPS) is 43.7. The second-order valence-electron chi connectivity index (χ2n) is 10.2. The van der Waals surface area contributed by atoms with Crippen LogP contribution in [0.1, 0.15) is 6.42 Å². The van der Waals surface area contributed by atoms with Crippen molar-refractivity contribution in [2.75, 3.05) is 26.4 Å². The Morgan fingerprint density at radius 3 is 1.81 bits per heavy atom. The van der Waals surface area contributed by atoms with E-state index >= 15 is 0 Å². The molecule has 1 amide bonds. The molecule has 2 unspecified atom stereocenters. The Hall–Kier alpha value is -1.90. The predicted octanol–water partition coefficient (Wildman–Crippen LogP) is -7.25. The van der Waals surface area contributed by atoms with Crippen molar-refractivity contribution in [2.45, 2.75) is 98.4 Å². The molecule has 14 N–H and O–H groups in total. The molecule has 0 saturated carbocycles. The predicted molar refractivity (Wildman–Crippen MR) is 131 cm³/mol. The van der Waals surface area contributed by atoms with E-state index in [4.69, 9.17) is 40.4 Å². The van der Waals surface area contributed by atoms with Crippen molar-refractivity contribution >= 4 is 12.1 Å².